The molecule has 3 nitrogen and oxygen atoms in total. The summed E-state index contributed by atoms with van der Waals surface area (Å²) in [6.07, 6.45) is 3.87. The second-order valence-corrected chi connectivity index (χ2v) is 3.26. The third-order valence-corrected chi connectivity index (χ3v) is 2.05. The van der Waals surface area contributed by atoms with Gasteiger partial charge in [0.1, 0.15) is 18.1 Å². The van der Waals surface area contributed by atoms with E-state index in [-0.39, 0.29) is 6.10 Å². The molecule has 0 aliphatic heterocycles. The maximum Gasteiger partial charge on any atom is 0.139 e. The molecule has 15 heavy (non-hydrogen) atoms. The number of methoxy groups -OCH3 is 1. The molecule has 0 aliphatic rings. The van der Waals surface area contributed by atoms with Gasteiger partial charge in [-0.3, -0.25) is 0 Å². The Bertz CT molecular complexity index is 323. The fourth-order valence-electron chi connectivity index (χ4n) is 0.936. The lowest BCUT2D eigenvalue weighted by Gasteiger charge is -2.04. The average Bonchev–Trinajstić information content (AvgIpc) is 2.29. The van der Waals surface area contributed by atoms with Crippen LogP contribution in [-0.2, 0) is 4.84 Å². The van der Waals surface area contributed by atoms with Crippen LogP contribution in [0.25, 0.3) is 0 Å². The van der Waals surface area contributed by atoms with Crippen molar-refractivity contribution in [2.45, 2.75) is 26.4 Å². The lowest BCUT2D eigenvalue weighted by molar-refractivity contribution is 0.0712. The minimum atomic E-state index is 0.128. The first-order chi connectivity index (χ1) is 7.26. The second kappa shape index (κ2) is 6.06. The van der Waals surface area contributed by atoms with Crippen molar-refractivity contribution in [2.24, 2.45) is 5.16 Å². The summed E-state index contributed by atoms with van der Waals surface area (Å²) in [5, 5.41) is 3.78. The Balaban J connectivity index is 2.56. The number of benzene rings is 1. The molecule has 1 atom stereocenters. The first-order valence-corrected chi connectivity index (χ1v) is 5.02. The molecule has 0 heterocycles. The minimum absolute atomic E-state index is 0.128. The molecule has 0 aromatic heterocycles. The molecule has 1 rings (SSSR count). The Hall–Kier alpha value is -1.51. The average molecular weight is 206 g/mol. The van der Waals surface area contributed by atoms with E-state index in [2.05, 4.69) is 11.4 Å². The predicted molar refractivity (Wildman–Crippen MR) is 60.4 cm³/mol. The van der Waals surface area contributed by atoms with Crippen LogP contribution < -0.4 is 4.74 Å². The van der Waals surface area contributed by atoms with E-state index in [4.69, 9.17) is 9.57 Å². The van der Waals surface area contributed by atoms with Crippen LogP contribution in [0.5, 0.6) is 5.75 Å². The van der Waals surface area contributed by atoms with E-state index in [0.29, 0.717) is 0 Å². The molecule has 0 saturated carbocycles. The molecule has 81 valence electrons. The van der Waals surface area contributed by atoms with Crippen LogP contribution in [-0.4, -0.2) is 19.4 Å². The maximum absolute atomic E-state index is 5.14. The summed E-state index contributed by atoms with van der Waals surface area (Å²) in [5.74, 6) is 0.790. The zero-order chi connectivity index (χ0) is 11.1. The Morgan fingerprint density at radius 2 is 2.27 bits per heavy atom. The monoisotopic (exact) mass is 206 g/mol. The highest BCUT2D eigenvalue weighted by atomic mass is 16.6. The first-order valence-electron chi connectivity index (χ1n) is 5.02. The number of rotatable bonds is 5. The largest absolute Gasteiger partial charge is 0.497 e. The summed E-state index contributed by atoms with van der Waals surface area (Å²) in [6.45, 7) is 4.02. The van der Waals surface area contributed by atoms with Crippen molar-refractivity contribution in [3.63, 3.8) is 0 Å². The Morgan fingerprint density at radius 1 is 1.47 bits per heavy atom. The molecule has 0 saturated heterocycles. The van der Waals surface area contributed by atoms with Crippen LogP contribution in [0.15, 0.2) is 29.4 Å². The van der Waals surface area contributed by atoms with Crippen LogP contribution in [0.1, 0.15) is 25.8 Å². The van der Waals surface area contributed by atoms with Crippen LogP contribution in [0.2, 0.25) is 0 Å². The van der Waals surface area contributed by atoms with Crippen molar-refractivity contribution in [3.8, 4) is 5.75 Å². The molecule has 0 spiro atoms. The highest BCUT2D eigenvalue weighted by Gasteiger charge is 1.96. The van der Waals surface area contributed by atoms with Crippen molar-refractivity contribution < 1.29 is 9.57 Å². The van der Waals surface area contributed by atoms with Gasteiger partial charge in [0.25, 0.3) is 0 Å². The van der Waals surface area contributed by atoms with Gasteiger partial charge in [-0.05, 0) is 25.5 Å². The Morgan fingerprint density at radius 3 is 2.93 bits per heavy atom. The SMILES string of the molecule is CCC(C)O/N=[C]/c1cccc(OC)c1. The van der Waals surface area contributed by atoms with Crippen LogP contribution >= 0.6 is 0 Å². The van der Waals surface area contributed by atoms with Crippen LogP contribution in [0.4, 0.5) is 0 Å². The molecule has 0 bridgehead atoms. The van der Waals surface area contributed by atoms with Gasteiger partial charge in [-0.1, -0.05) is 24.2 Å². The number of nitrogens with zero attached hydrogens (tertiary/aromatic N) is 1. The molecule has 1 unspecified atom stereocenters. The number of hydrogen-bond donors (Lipinski definition) is 0. The van der Waals surface area contributed by atoms with Gasteiger partial charge in [-0.15, -0.1) is 0 Å². The van der Waals surface area contributed by atoms with Crippen molar-refractivity contribution >= 4 is 6.21 Å². The molecule has 0 fully saturated rings. The summed E-state index contributed by atoms with van der Waals surface area (Å²) < 4.78 is 5.08. The summed E-state index contributed by atoms with van der Waals surface area (Å²) in [7, 11) is 1.63. The van der Waals surface area contributed by atoms with E-state index in [9.17, 15) is 0 Å². The molecule has 1 radical (unpaired) electrons. The standard InChI is InChI=1S/C12H16NO2/c1-4-10(2)15-13-9-11-6-5-7-12(8-11)14-3/h5-8,10H,4H2,1-3H3. The fraction of sp³-hybridized carbons (Fsp3) is 0.417. The van der Waals surface area contributed by atoms with E-state index in [1.807, 2.05) is 38.1 Å². The summed E-state index contributed by atoms with van der Waals surface area (Å²) in [4.78, 5) is 5.14. The fourth-order valence-corrected chi connectivity index (χ4v) is 0.936. The third kappa shape index (κ3) is 4.02. The quantitative estimate of drug-likeness (QED) is 0.548. The van der Waals surface area contributed by atoms with E-state index >= 15 is 0 Å². The molecule has 0 amide bonds. The lowest BCUT2D eigenvalue weighted by atomic mass is 10.2. The minimum Gasteiger partial charge on any atom is -0.497 e. The van der Waals surface area contributed by atoms with Crippen molar-refractivity contribution in [1.82, 2.24) is 0 Å². The van der Waals surface area contributed by atoms with E-state index in [0.717, 1.165) is 17.7 Å². The Kier molecular flexibility index (Phi) is 4.68. The zero-order valence-corrected chi connectivity index (χ0v) is 9.36. The first kappa shape index (κ1) is 11.6. The molecule has 1 aromatic rings. The van der Waals surface area contributed by atoms with Crippen molar-refractivity contribution in [2.75, 3.05) is 7.11 Å². The number of ether oxygens (including phenoxy) is 1. The van der Waals surface area contributed by atoms with Gasteiger partial charge in [0.05, 0.1) is 7.11 Å². The summed E-state index contributed by atoms with van der Waals surface area (Å²) in [5.41, 5.74) is 0.845. The van der Waals surface area contributed by atoms with Gasteiger partial charge in [0.2, 0.25) is 0 Å². The zero-order valence-electron chi connectivity index (χ0n) is 9.36. The van der Waals surface area contributed by atoms with Gasteiger partial charge in [0.15, 0.2) is 0 Å². The third-order valence-electron chi connectivity index (χ3n) is 2.05. The molecular weight excluding hydrogens is 190 g/mol. The second-order valence-electron chi connectivity index (χ2n) is 3.26. The summed E-state index contributed by atoms with van der Waals surface area (Å²) in [6, 6.07) is 7.51. The normalized spacial score (nSPS) is 12.7. The maximum atomic E-state index is 5.14. The van der Waals surface area contributed by atoms with Crippen LogP contribution in [0, 0.1) is 0 Å². The number of hydrogen-bond acceptors (Lipinski definition) is 3. The predicted octanol–water partition coefficient (Wildman–Crippen LogP) is 2.72. The van der Waals surface area contributed by atoms with Gasteiger partial charge in [-0.2, -0.15) is 0 Å². The topological polar surface area (TPSA) is 30.8 Å². The van der Waals surface area contributed by atoms with Gasteiger partial charge >= 0.3 is 0 Å². The van der Waals surface area contributed by atoms with Gasteiger partial charge in [0, 0.05) is 5.56 Å². The molecule has 3 heteroatoms. The molecule has 1 aromatic carbocycles. The van der Waals surface area contributed by atoms with E-state index < -0.39 is 0 Å². The molecule has 0 aliphatic carbocycles. The molecule has 0 N–H and O–H groups in total. The van der Waals surface area contributed by atoms with Gasteiger partial charge < -0.3 is 9.57 Å². The van der Waals surface area contributed by atoms with Gasteiger partial charge in [-0.25, -0.2) is 0 Å². The van der Waals surface area contributed by atoms with Crippen LogP contribution in [0.3, 0.4) is 0 Å². The highest BCUT2D eigenvalue weighted by Crippen LogP contribution is 2.10. The van der Waals surface area contributed by atoms with Crippen molar-refractivity contribution in [1.29, 1.82) is 0 Å². The molecular formula is C12H16NO2. The van der Waals surface area contributed by atoms with Crippen molar-refractivity contribution in [3.05, 3.63) is 29.8 Å². The Labute approximate surface area is 90.7 Å². The lowest BCUT2D eigenvalue weighted by Crippen LogP contribution is -2.01. The highest BCUT2D eigenvalue weighted by molar-refractivity contribution is 5.79. The summed E-state index contributed by atoms with van der Waals surface area (Å²) >= 11 is 0. The van der Waals surface area contributed by atoms with E-state index in [1.165, 1.54) is 0 Å². The van der Waals surface area contributed by atoms with E-state index in [1.54, 1.807) is 7.11 Å². The smallest absolute Gasteiger partial charge is 0.139 e.